The smallest absolute Gasteiger partial charge is 0.0675 e. The molecular formula is C10H11N. The zero-order valence-corrected chi connectivity index (χ0v) is 6.83. The Hall–Kier alpha value is -1.24. The second-order valence-corrected chi connectivity index (χ2v) is 2.86. The summed E-state index contributed by atoms with van der Waals surface area (Å²) in [5.74, 6) is 0. The van der Waals surface area contributed by atoms with Gasteiger partial charge in [-0.2, -0.15) is 0 Å². The van der Waals surface area contributed by atoms with Gasteiger partial charge in [-0.25, -0.2) is 0 Å². The number of allylic oxidation sites excluding steroid dienone is 1. The van der Waals surface area contributed by atoms with E-state index in [0.717, 1.165) is 0 Å². The lowest BCUT2D eigenvalue weighted by molar-refractivity contribution is 0.733. The summed E-state index contributed by atoms with van der Waals surface area (Å²) < 4.78 is 0. The van der Waals surface area contributed by atoms with Crippen LogP contribution in [0.25, 0.3) is 5.70 Å². The van der Waals surface area contributed by atoms with Crippen molar-refractivity contribution in [2.45, 2.75) is 6.92 Å². The van der Waals surface area contributed by atoms with Crippen molar-refractivity contribution in [3.05, 3.63) is 41.6 Å². The van der Waals surface area contributed by atoms with Crippen LogP contribution in [0.1, 0.15) is 12.5 Å². The first-order valence-electron chi connectivity index (χ1n) is 3.81. The zero-order valence-electron chi connectivity index (χ0n) is 6.83. The highest BCUT2D eigenvalue weighted by molar-refractivity contribution is 5.78. The van der Waals surface area contributed by atoms with E-state index in [0.29, 0.717) is 0 Å². The summed E-state index contributed by atoms with van der Waals surface area (Å²) in [6.45, 7) is 2.14. The van der Waals surface area contributed by atoms with Crippen LogP contribution in [0.2, 0.25) is 0 Å². The summed E-state index contributed by atoms with van der Waals surface area (Å²) in [4.78, 5) is 2.20. The van der Waals surface area contributed by atoms with Gasteiger partial charge in [0, 0.05) is 12.7 Å². The maximum atomic E-state index is 2.20. The second-order valence-electron chi connectivity index (χ2n) is 2.86. The van der Waals surface area contributed by atoms with Gasteiger partial charge in [0.1, 0.15) is 0 Å². The van der Waals surface area contributed by atoms with Crippen LogP contribution < -0.4 is 0 Å². The molecule has 0 saturated carbocycles. The van der Waals surface area contributed by atoms with Gasteiger partial charge in [0.2, 0.25) is 0 Å². The molecule has 1 heteroatoms. The summed E-state index contributed by atoms with van der Waals surface area (Å²) >= 11 is 0. The van der Waals surface area contributed by atoms with E-state index in [1.54, 1.807) is 0 Å². The van der Waals surface area contributed by atoms with Crippen LogP contribution in [-0.4, -0.2) is 11.9 Å². The second kappa shape index (κ2) is 2.12. The molecule has 1 aromatic rings. The molecule has 0 N–H and O–H groups in total. The van der Waals surface area contributed by atoms with Crippen molar-refractivity contribution in [3.8, 4) is 0 Å². The van der Waals surface area contributed by atoms with Crippen molar-refractivity contribution in [1.82, 2.24) is 4.90 Å². The van der Waals surface area contributed by atoms with Crippen molar-refractivity contribution in [2.24, 2.45) is 0 Å². The van der Waals surface area contributed by atoms with E-state index in [-0.39, 0.29) is 0 Å². The molecule has 1 heterocycles. The Balaban J connectivity index is 2.34. The molecule has 2 rings (SSSR count). The molecule has 1 nitrogen and oxygen atoms in total. The van der Waals surface area contributed by atoms with Crippen LogP contribution in [0.5, 0.6) is 0 Å². The first kappa shape index (κ1) is 6.47. The predicted molar refractivity (Wildman–Crippen MR) is 46.8 cm³/mol. The van der Waals surface area contributed by atoms with Crippen molar-refractivity contribution < 1.29 is 0 Å². The SMILES string of the molecule is CC1=C(c2ccccc2)N1C. The average Bonchev–Trinajstić information content (AvgIpc) is 2.62. The van der Waals surface area contributed by atoms with Crippen LogP contribution in [0.4, 0.5) is 0 Å². The molecule has 1 aromatic carbocycles. The molecule has 11 heavy (non-hydrogen) atoms. The van der Waals surface area contributed by atoms with Crippen molar-refractivity contribution in [1.29, 1.82) is 0 Å². The highest BCUT2D eigenvalue weighted by Crippen LogP contribution is 2.37. The Bertz CT molecular complexity index is 298. The van der Waals surface area contributed by atoms with Gasteiger partial charge in [-0.3, -0.25) is 0 Å². The Morgan fingerprint density at radius 1 is 1.09 bits per heavy atom. The lowest BCUT2D eigenvalue weighted by Gasteiger charge is -1.95. The quantitative estimate of drug-likeness (QED) is 0.586. The van der Waals surface area contributed by atoms with Gasteiger partial charge in [0.15, 0.2) is 0 Å². The van der Waals surface area contributed by atoms with E-state index in [2.05, 4.69) is 43.1 Å². The van der Waals surface area contributed by atoms with Gasteiger partial charge >= 0.3 is 0 Å². The minimum absolute atomic E-state index is 1.33. The first-order chi connectivity index (χ1) is 5.30. The molecule has 0 spiro atoms. The summed E-state index contributed by atoms with van der Waals surface area (Å²) in [6.07, 6.45) is 0. The molecule has 0 bridgehead atoms. The minimum Gasteiger partial charge on any atom is -0.345 e. The fourth-order valence-corrected chi connectivity index (χ4v) is 1.36. The third-order valence-corrected chi connectivity index (χ3v) is 2.18. The van der Waals surface area contributed by atoms with Crippen molar-refractivity contribution >= 4 is 5.70 Å². The summed E-state index contributed by atoms with van der Waals surface area (Å²) in [5, 5.41) is 0. The topological polar surface area (TPSA) is 3.01 Å². The van der Waals surface area contributed by atoms with Gasteiger partial charge in [-0.05, 0) is 12.5 Å². The Labute approximate surface area is 67.0 Å². The average molecular weight is 145 g/mol. The number of benzene rings is 1. The monoisotopic (exact) mass is 145 g/mol. The molecule has 0 saturated heterocycles. The van der Waals surface area contributed by atoms with Crippen LogP contribution in [-0.2, 0) is 0 Å². The molecule has 0 unspecified atom stereocenters. The van der Waals surface area contributed by atoms with Crippen molar-refractivity contribution in [3.63, 3.8) is 0 Å². The fourth-order valence-electron chi connectivity index (χ4n) is 1.36. The molecule has 1 aliphatic rings. The molecule has 0 amide bonds. The van der Waals surface area contributed by atoms with E-state index in [4.69, 9.17) is 0 Å². The largest absolute Gasteiger partial charge is 0.345 e. The van der Waals surface area contributed by atoms with Crippen LogP contribution >= 0.6 is 0 Å². The Kier molecular flexibility index (Phi) is 1.25. The number of hydrogen-bond acceptors (Lipinski definition) is 1. The van der Waals surface area contributed by atoms with Crippen molar-refractivity contribution in [2.75, 3.05) is 7.05 Å². The Morgan fingerprint density at radius 3 is 2.09 bits per heavy atom. The van der Waals surface area contributed by atoms with E-state index in [1.807, 2.05) is 6.07 Å². The molecule has 0 aromatic heterocycles. The third-order valence-electron chi connectivity index (χ3n) is 2.18. The summed E-state index contributed by atoms with van der Waals surface area (Å²) in [6, 6.07) is 10.5. The maximum Gasteiger partial charge on any atom is 0.0675 e. The molecule has 0 atom stereocenters. The molecule has 1 aliphatic heterocycles. The molecule has 56 valence electrons. The minimum atomic E-state index is 1.33. The zero-order chi connectivity index (χ0) is 7.84. The van der Waals surface area contributed by atoms with E-state index in [9.17, 15) is 0 Å². The van der Waals surface area contributed by atoms with Gasteiger partial charge in [-0.15, -0.1) is 0 Å². The standard InChI is InChI=1S/C10H11N/c1-8-10(11(8)2)9-6-4-3-5-7-9/h3-7H,1-2H3. The summed E-state index contributed by atoms with van der Waals surface area (Å²) in [7, 11) is 2.09. The molecule has 0 fully saturated rings. The third kappa shape index (κ3) is 0.929. The van der Waals surface area contributed by atoms with E-state index < -0.39 is 0 Å². The number of rotatable bonds is 1. The van der Waals surface area contributed by atoms with Gasteiger partial charge < -0.3 is 4.90 Å². The number of nitrogens with zero attached hydrogens (tertiary/aromatic N) is 1. The lowest BCUT2D eigenvalue weighted by Crippen LogP contribution is -1.87. The highest BCUT2D eigenvalue weighted by atomic mass is 15.2. The summed E-state index contributed by atoms with van der Waals surface area (Å²) in [5.41, 5.74) is 4.09. The van der Waals surface area contributed by atoms with Gasteiger partial charge in [-0.1, -0.05) is 30.3 Å². The molecule has 0 radical (unpaired) electrons. The normalized spacial score (nSPS) is 15.6. The van der Waals surface area contributed by atoms with Gasteiger partial charge in [0.05, 0.1) is 5.70 Å². The van der Waals surface area contributed by atoms with Gasteiger partial charge in [0.25, 0.3) is 0 Å². The molecule has 0 aliphatic carbocycles. The van der Waals surface area contributed by atoms with Crippen LogP contribution in [0.3, 0.4) is 0 Å². The predicted octanol–water partition coefficient (Wildman–Crippen LogP) is 2.32. The number of hydrogen-bond donors (Lipinski definition) is 0. The maximum absolute atomic E-state index is 2.20. The van der Waals surface area contributed by atoms with Crippen LogP contribution in [0.15, 0.2) is 36.0 Å². The van der Waals surface area contributed by atoms with Crippen LogP contribution in [0, 0.1) is 0 Å². The Morgan fingerprint density at radius 2 is 1.64 bits per heavy atom. The first-order valence-corrected chi connectivity index (χ1v) is 3.81. The molecular weight excluding hydrogens is 134 g/mol. The van der Waals surface area contributed by atoms with E-state index >= 15 is 0 Å². The lowest BCUT2D eigenvalue weighted by atomic mass is 10.2. The highest BCUT2D eigenvalue weighted by Gasteiger charge is 2.25. The fraction of sp³-hybridized carbons (Fsp3) is 0.200. The van der Waals surface area contributed by atoms with E-state index in [1.165, 1.54) is 17.0 Å².